The molecular weight excluding hydrogens is 210 g/mol. The van der Waals surface area contributed by atoms with E-state index < -0.39 is 0 Å². The van der Waals surface area contributed by atoms with Gasteiger partial charge in [-0.15, -0.1) is 0 Å². The average molecular weight is 229 g/mol. The maximum atomic E-state index is 11.8. The van der Waals surface area contributed by atoms with Gasteiger partial charge in [0.2, 0.25) is 5.76 Å². The van der Waals surface area contributed by atoms with Gasteiger partial charge in [0.05, 0.1) is 0 Å². The van der Waals surface area contributed by atoms with Crippen LogP contribution >= 0.6 is 0 Å². The predicted octanol–water partition coefficient (Wildman–Crippen LogP) is 0.496. The van der Waals surface area contributed by atoms with Crippen molar-refractivity contribution >= 4 is 5.91 Å². The summed E-state index contributed by atoms with van der Waals surface area (Å²) in [7, 11) is 1.74. The molecule has 1 aliphatic heterocycles. The molecule has 16 heavy (non-hydrogen) atoms. The van der Waals surface area contributed by atoms with E-state index in [1.807, 2.05) is 0 Å². The molecule has 0 bridgehead atoms. The van der Waals surface area contributed by atoms with Crippen LogP contribution in [0.1, 0.15) is 19.3 Å². The van der Waals surface area contributed by atoms with Crippen molar-refractivity contribution in [2.45, 2.75) is 19.3 Å². The molecule has 1 amide bonds. The van der Waals surface area contributed by atoms with Crippen molar-refractivity contribution in [3.05, 3.63) is 12.0 Å². The summed E-state index contributed by atoms with van der Waals surface area (Å²) in [4.78, 5) is 13.4. The number of amides is 1. The number of carbonyl (C=O) groups excluding carboxylic acids is 1. The van der Waals surface area contributed by atoms with Crippen LogP contribution in [-0.4, -0.2) is 49.3 Å². The van der Waals surface area contributed by atoms with E-state index in [0.29, 0.717) is 19.8 Å². The van der Waals surface area contributed by atoms with Crippen LogP contribution < -0.4 is 0 Å². The van der Waals surface area contributed by atoms with Crippen LogP contribution in [0.3, 0.4) is 0 Å². The van der Waals surface area contributed by atoms with Crippen molar-refractivity contribution < 1.29 is 19.4 Å². The summed E-state index contributed by atoms with van der Waals surface area (Å²) >= 11 is 0. The highest BCUT2D eigenvalue weighted by Crippen LogP contribution is 2.08. The van der Waals surface area contributed by atoms with Crippen molar-refractivity contribution in [3.63, 3.8) is 0 Å². The Hall–Kier alpha value is -1.23. The predicted molar refractivity (Wildman–Crippen MR) is 58.6 cm³/mol. The molecule has 0 spiro atoms. The average Bonchev–Trinajstić information content (AvgIpc) is 2.34. The van der Waals surface area contributed by atoms with Crippen molar-refractivity contribution in [2.24, 2.45) is 0 Å². The zero-order valence-electron chi connectivity index (χ0n) is 9.65. The van der Waals surface area contributed by atoms with Gasteiger partial charge in [0.1, 0.15) is 19.5 Å². The summed E-state index contributed by atoms with van der Waals surface area (Å²) in [6.07, 6.45) is 3.96. The van der Waals surface area contributed by atoms with E-state index in [0.717, 1.165) is 19.3 Å². The van der Waals surface area contributed by atoms with Crippen molar-refractivity contribution in [3.8, 4) is 0 Å². The zero-order chi connectivity index (χ0) is 11.8. The summed E-state index contributed by atoms with van der Waals surface area (Å²) < 4.78 is 10.2. The molecule has 1 rings (SSSR count). The Morgan fingerprint density at radius 3 is 2.88 bits per heavy atom. The van der Waals surface area contributed by atoms with Crippen LogP contribution in [0.4, 0.5) is 0 Å². The second-order valence-electron chi connectivity index (χ2n) is 3.71. The summed E-state index contributed by atoms with van der Waals surface area (Å²) in [5.41, 5.74) is 0. The molecule has 0 aromatic heterocycles. The van der Waals surface area contributed by atoms with Gasteiger partial charge >= 0.3 is 0 Å². The van der Waals surface area contributed by atoms with Gasteiger partial charge in [0.15, 0.2) is 0 Å². The Morgan fingerprint density at radius 2 is 2.25 bits per heavy atom. The first-order valence-corrected chi connectivity index (χ1v) is 5.56. The molecule has 0 saturated carbocycles. The van der Waals surface area contributed by atoms with Crippen LogP contribution in [-0.2, 0) is 14.3 Å². The number of nitrogens with zero attached hydrogens (tertiary/aromatic N) is 1. The van der Waals surface area contributed by atoms with E-state index in [9.17, 15) is 4.79 Å². The van der Waals surface area contributed by atoms with Crippen molar-refractivity contribution in [2.75, 3.05) is 33.4 Å². The number of unbranched alkanes of at least 4 members (excludes halogenated alkanes) is 2. The zero-order valence-corrected chi connectivity index (χ0v) is 9.65. The molecule has 0 fully saturated rings. The van der Waals surface area contributed by atoms with Crippen molar-refractivity contribution in [1.82, 2.24) is 4.90 Å². The number of likely N-dealkylation sites (N-methyl/N-ethyl adjacent to an activating group) is 1. The SMILES string of the molecule is CN(CCCCCO)C(=O)C1=COCCO1. The molecule has 0 atom stereocenters. The van der Waals surface area contributed by atoms with Gasteiger partial charge in [-0.2, -0.15) is 0 Å². The Bertz CT molecular complexity index is 252. The molecule has 0 aromatic carbocycles. The third-order valence-corrected chi connectivity index (χ3v) is 2.36. The van der Waals surface area contributed by atoms with Gasteiger partial charge in [-0.25, -0.2) is 0 Å². The molecule has 1 aliphatic rings. The smallest absolute Gasteiger partial charge is 0.291 e. The summed E-state index contributed by atoms with van der Waals surface area (Å²) in [5.74, 6) is 0.125. The first-order valence-electron chi connectivity index (χ1n) is 5.56. The fourth-order valence-electron chi connectivity index (χ4n) is 1.41. The molecule has 1 N–H and O–H groups in total. The Morgan fingerprint density at radius 1 is 1.44 bits per heavy atom. The van der Waals surface area contributed by atoms with E-state index >= 15 is 0 Å². The normalized spacial score (nSPS) is 14.8. The second kappa shape index (κ2) is 7.11. The molecule has 0 radical (unpaired) electrons. The number of aliphatic hydroxyl groups is 1. The Kier molecular flexibility index (Phi) is 5.71. The third kappa shape index (κ3) is 4.10. The Labute approximate surface area is 95.6 Å². The molecule has 0 aromatic rings. The van der Waals surface area contributed by atoms with Crippen molar-refractivity contribution in [1.29, 1.82) is 0 Å². The van der Waals surface area contributed by atoms with Crippen LogP contribution in [0, 0.1) is 0 Å². The fraction of sp³-hybridized carbons (Fsp3) is 0.727. The molecule has 5 heteroatoms. The highest BCUT2D eigenvalue weighted by atomic mass is 16.6. The lowest BCUT2D eigenvalue weighted by Crippen LogP contribution is -2.31. The molecule has 0 aliphatic carbocycles. The molecule has 5 nitrogen and oxygen atoms in total. The molecule has 92 valence electrons. The van der Waals surface area contributed by atoms with E-state index in [1.165, 1.54) is 6.26 Å². The van der Waals surface area contributed by atoms with Gasteiger partial charge in [0, 0.05) is 20.2 Å². The van der Waals surface area contributed by atoms with Gasteiger partial charge in [-0.3, -0.25) is 4.79 Å². The number of hydrogen-bond acceptors (Lipinski definition) is 4. The third-order valence-electron chi connectivity index (χ3n) is 2.36. The first-order chi connectivity index (χ1) is 7.75. The summed E-state index contributed by atoms with van der Waals surface area (Å²) in [6, 6.07) is 0. The Balaban J connectivity index is 2.27. The minimum atomic E-state index is -0.149. The highest BCUT2D eigenvalue weighted by Gasteiger charge is 2.18. The van der Waals surface area contributed by atoms with E-state index in [4.69, 9.17) is 14.6 Å². The number of carbonyl (C=O) groups is 1. The second-order valence-corrected chi connectivity index (χ2v) is 3.71. The van der Waals surface area contributed by atoms with E-state index in [2.05, 4.69) is 0 Å². The van der Waals surface area contributed by atoms with Crippen LogP contribution in [0.15, 0.2) is 12.0 Å². The number of rotatable bonds is 6. The molecular formula is C11H19NO4. The van der Waals surface area contributed by atoms with Gasteiger partial charge in [-0.05, 0) is 19.3 Å². The minimum Gasteiger partial charge on any atom is -0.494 e. The van der Waals surface area contributed by atoms with Crippen LogP contribution in [0.2, 0.25) is 0 Å². The summed E-state index contributed by atoms with van der Waals surface area (Å²) in [6.45, 7) is 1.80. The maximum absolute atomic E-state index is 11.8. The van der Waals surface area contributed by atoms with E-state index in [1.54, 1.807) is 11.9 Å². The van der Waals surface area contributed by atoms with Gasteiger partial charge in [-0.1, -0.05) is 0 Å². The lowest BCUT2D eigenvalue weighted by atomic mass is 10.2. The van der Waals surface area contributed by atoms with Crippen LogP contribution in [0.25, 0.3) is 0 Å². The fourth-order valence-corrected chi connectivity index (χ4v) is 1.41. The quantitative estimate of drug-likeness (QED) is 0.674. The van der Waals surface area contributed by atoms with Crippen LogP contribution in [0.5, 0.6) is 0 Å². The molecule has 0 saturated heterocycles. The minimum absolute atomic E-state index is 0.149. The number of aliphatic hydroxyl groups excluding tert-OH is 1. The highest BCUT2D eigenvalue weighted by molar-refractivity contribution is 5.91. The number of ether oxygens (including phenoxy) is 2. The monoisotopic (exact) mass is 229 g/mol. The number of hydrogen-bond donors (Lipinski definition) is 1. The van der Waals surface area contributed by atoms with Gasteiger partial charge in [0.25, 0.3) is 5.91 Å². The summed E-state index contributed by atoms with van der Waals surface area (Å²) in [5, 5.41) is 8.62. The first kappa shape index (κ1) is 12.8. The lowest BCUT2D eigenvalue weighted by molar-refractivity contribution is -0.131. The molecule has 1 heterocycles. The maximum Gasteiger partial charge on any atom is 0.291 e. The largest absolute Gasteiger partial charge is 0.494 e. The standard InChI is InChI=1S/C11H19NO4/c1-12(5-3-2-4-6-13)11(14)10-9-15-7-8-16-10/h9,13H,2-8H2,1H3. The lowest BCUT2D eigenvalue weighted by Gasteiger charge is -2.21. The molecule has 0 unspecified atom stereocenters. The van der Waals surface area contributed by atoms with Gasteiger partial charge < -0.3 is 19.5 Å². The topological polar surface area (TPSA) is 59.0 Å². The van der Waals surface area contributed by atoms with E-state index in [-0.39, 0.29) is 18.3 Å².